The zero-order valence-electron chi connectivity index (χ0n) is 17.7. The fraction of sp³-hybridized carbons (Fsp3) is 0.167. The number of nitrogens with two attached hydrogens (primary N) is 1. The summed E-state index contributed by atoms with van der Waals surface area (Å²) >= 11 is 0. The molecular weight excluding hydrogens is 425 g/mol. The number of hydrogen-bond donors (Lipinski definition) is 3. The zero-order chi connectivity index (χ0) is 23.3. The minimum absolute atomic E-state index is 0.180. The topological polar surface area (TPSA) is 123 Å². The second-order valence-electron chi connectivity index (χ2n) is 8.10. The molecule has 166 valence electrons. The number of rotatable bonds is 4. The van der Waals surface area contributed by atoms with Gasteiger partial charge in [-0.3, -0.25) is 14.4 Å². The van der Waals surface area contributed by atoms with Gasteiger partial charge in [-0.2, -0.15) is 5.10 Å². The lowest BCUT2D eigenvalue weighted by Crippen LogP contribution is -2.17. The number of aryl methyl sites for hydroxylation is 1. The van der Waals surface area contributed by atoms with Crippen LogP contribution in [-0.4, -0.2) is 26.6 Å². The van der Waals surface area contributed by atoms with Gasteiger partial charge in [0.2, 0.25) is 0 Å². The molecule has 1 aliphatic rings. The van der Waals surface area contributed by atoms with Crippen LogP contribution in [0.2, 0.25) is 0 Å². The first-order valence-corrected chi connectivity index (χ1v) is 10.5. The number of fused-ring (bicyclic) bond motifs is 2. The van der Waals surface area contributed by atoms with Crippen LogP contribution in [0.3, 0.4) is 0 Å². The van der Waals surface area contributed by atoms with Gasteiger partial charge in [0.25, 0.3) is 17.4 Å². The number of nitrogens with one attached hydrogen (secondary N) is 2. The van der Waals surface area contributed by atoms with E-state index in [1.54, 1.807) is 31.2 Å². The van der Waals surface area contributed by atoms with Gasteiger partial charge in [0, 0.05) is 33.9 Å². The van der Waals surface area contributed by atoms with Gasteiger partial charge in [-0.15, -0.1) is 0 Å². The summed E-state index contributed by atoms with van der Waals surface area (Å²) < 4.78 is 16.1. The number of aromatic amines is 1. The number of benzene rings is 2. The summed E-state index contributed by atoms with van der Waals surface area (Å²) in [4.78, 5) is 39.5. The van der Waals surface area contributed by atoms with Gasteiger partial charge in [-0.25, -0.2) is 9.07 Å². The van der Waals surface area contributed by atoms with E-state index in [0.29, 0.717) is 29.6 Å². The number of H-pyrrole nitrogens is 1. The van der Waals surface area contributed by atoms with Crippen molar-refractivity contribution in [3.8, 4) is 5.69 Å². The van der Waals surface area contributed by atoms with Crippen molar-refractivity contribution in [2.75, 3.05) is 5.32 Å². The van der Waals surface area contributed by atoms with Crippen LogP contribution >= 0.6 is 0 Å². The number of primary amides is 1. The Balaban J connectivity index is 1.52. The molecule has 2 aromatic heterocycles. The Morgan fingerprint density at radius 2 is 1.97 bits per heavy atom. The number of carbonyl (C=O) groups is 2. The fourth-order valence-corrected chi connectivity index (χ4v) is 4.33. The highest BCUT2D eigenvalue weighted by Gasteiger charge is 2.28. The molecule has 0 bridgehead atoms. The van der Waals surface area contributed by atoms with E-state index < -0.39 is 23.2 Å². The Morgan fingerprint density at radius 3 is 2.73 bits per heavy atom. The Kier molecular flexibility index (Phi) is 4.81. The summed E-state index contributed by atoms with van der Waals surface area (Å²) in [6.07, 6.45) is 3.49. The summed E-state index contributed by atoms with van der Waals surface area (Å²) in [5, 5.41) is 7.82. The third-order valence-corrected chi connectivity index (χ3v) is 5.90. The van der Waals surface area contributed by atoms with Crippen molar-refractivity contribution < 1.29 is 14.0 Å². The molecule has 0 spiro atoms. The van der Waals surface area contributed by atoms with Crippen LogP contribution in [0.1, 0.15) is 44.1 Å². The van der Waals surface area contributed by atoms with Crippen LogP contribution < -0.4 is 16.6 Å². The average molecular weight is 445 g/mol. The summed E-state index contributed by atoms with van der Waals surface area (Å²) in [5.74, 6) is -1.53. The molecule has 0 saturated carbocycles. The zero-order valence-corrected chi connectivity index (χ0v) is 17.7. The minimum Gasteiger partial charge on any atom is -0.366 e. The molecule has 0 aliphatic heterocycles. The third kappa shape index (κ3) is 3.47. The summed E-state index contributed by atoms with van der Waals surface area (Å²) in [6, 6.07) is 9.52. The first kappa shape index (κ1) is 20.6. The van der Waals surface area contributed by atoms with E-state index >= 15 is 0 Å². The van der Waals surface area contributed by atoms with Crippen LogP contribution in [0.4, 0.5) is 10.1 Å². The van der Waals surface area contributed by atoms with Crippen molar-refractivity contribution in [2.24, 2.45) is 5.73 Å². The van der Waals surface area contributed by atoms with Gasteiger partial charge in [0.1, 0.15) is 11.5 Å². The first-order chi connectivity index (χ1) is 15.8. The SMILES string of the molecule is Cc1ccc(-n2nc(C(=O)Nc3ccc4c(C(N)=O)c[nH]c(=O)c4c3)c3c2CCC3)c(F)c1. The van der Waals surface area contributed by atoms with Gasteiger partial charge in [0.15, 0.2) is 5.69 Å². The molecule has 0 unspecified atom stereocenters. The lowest BCUT2D eigenvalue weighted by Gasteiger charge is -2.08. The number of nitrogens with zero attached hydrogens (tertiary/aromatic N) is 2. The number of amides is 2. The number of halogens is 1. The van der Waals surface area contributed by atoms with Gasteiger partial charge < -0.3 is 16.0 Å². The van der Waals surface area contributed by atoms with E-state index in [2.05, 4.69) is 15.4 Å². The molecule has 2 amide bonds. The van der Waals surface area contributed by atoms with Crippen LogP contribution in [0.15, 0.2) is 47.4 Å². The van der Waals surface area contributed by atoms with Crippen molar-refractivity contribution in [3.05, 3.63) is 86.8 Å². The van der Waals surface area contributed by atoms with Crippen LogP contribution in [0.5, 0.6) is 0 Å². The number of aromatic nitrogens is 3. The summed E-state index contributed by atoms with van der Waals surface area (Å²) in [5.41, 5.74) is 8.45. The monoisotopic (exact) mass is 445 g/mol. The maximum absolute atomic E-state index is 14.6. The second kappa shape index (κ2) is 7.70. The molecule has 0 atom stereocenters. The van der Waals surface area contributed by atoms with Crippen molar-refractivity contribution in [1.82, 2.24) is 14.8 Å². The van der Waals surface area contributed by atoms with Crippen molar-refractivity contribution in [2.45, 2.75) is 26.2 Å². The van der Waals surface area contributed by atoms with Crippen molar-refractivity contribution >= 4 is 28.3 Å². The molecule has 4 N–H and O–H groups in total. The van der Waals surface area contributed by atoms with E-state index in [-0.39, 0.29) is 16.6 Å². The molecular formula is C24H20FN5O3. The first-order valence-electron chi connectivity index (χ1n) is 10.5. The molecule has 2 heterocycles. The van der Waals surface area contributed by atoms with E-state index in [9.17, 15) is 18.8 Å². The Hall–Kier alpha value is -4.27. The van der Waals surface area contributed by atoms with Gasteiger partial charge in [-0.05, 0) is 56.0 Å². The quantitative estimate of drug-likeness (QED) is 0.447. The Morgan fingerprint density at radius 1 is 1.15 bits per heavy atom. The minimum atomic E-state index is -0.669. The van der Waals surface area contributed by atoms with E-state index in [0.717, 1.165) is 23.2 Å². The number of anilines is 1. The predicted octanol–water partition coefficient (Wildman–Crippen LogP) is 3.00. The molecule has 4 aromatic rings. The average Bonchev–Trinajstić information content (AvgIpc) is 3.37. The van der Waals surface area contributed by atoms with Gasteiger partial charge in [0.05, 0.1) is 5.56 Å². The molecule has 2 aromatic carbocycles. The van der Waals surface area contributed by atoms with E-state index in [1.165, 1.54) is 23.0 Å². The molecule has 9 heteroatoms. The molecule has 1 aliphatic carbocycles. The summed E-state index contributed by atoms with van der Waals surface area (Å²) in [7, 11) is 0. The second-order valence-corrected chi connectivity index (χ2v) is 8.10. The fourth-order valence-electron chi connectivity index (χ4n) is 4.33. The number of carbonyl (C=O) groups excluding carboxylic acids is 2. The van der Waals surface area contributed by atoms with Crippen LogP contribution in [0.25, 0.3) is 16.5 Å². The molecule has 33 heavy (non-hydrogen) atoms. The molecule has 5 rings (SSSR count). The highest BCUT2D eigenvalue weighted by Crippen LogP contribution is 2.30. The summed E-state index contributed by atoms with van der Waals surface area (Å²) in [6.45, 7) is 1.81. The maximum Gasteiger partial charge on any atom is 0.276 e. The number of hydrogen-bond acceptors (Lipinski definition) is 4. The molecule has 0 saturated heterocycles. The van der Waals surface area contributed by atoms with E-state index in [4.69, 9.17) is 5.73 Å². The van der Waals surface area contributed by atoms with Crippen molar-refractivity contribution in [1.29, 1.82) is 0 Å². The van der Waals surface area contributed by atoms with Crippen molar-refractivity contribution in [3.63, 3.8) is 0 Å². The highest BCUT2D eigenvalue weighted by atomic mass is 19.1. The number of pyridine rings is 1. The van der Waals surface area contributed by atoms with Gasteiger partial charge >= 0.3 is 0 Å². The predicted molar refractivity (Wildman–Crippen MR) is 121 cm³/mol. The van der Waals surface area contributed by atoms with Crippen LogP contribution in [-0.2, 0) is 12.8 Å². The van der Waals surface area contributed by atoms with Gasteiger partial charge in [-0.1, -0.05) is 12.1 Å². The molecule has 8 nitrogen and oxygen atoms in total. The third-order valence-electron chi connectivity index (χ3n) is 5.90. The lowest BCUT2D eigenvalue weighted by atomic mass is 10.1. The highest BCUT2D eigenvalue weighted by molar-refractivity contribution is 6.08. The van der Waals surface area contributed by atoms with E-state index in [1.807, 2.05) is 0 Å². The lowest BCUT2D eigenvalue weighted by molar-refractivity contribution is 0.0997. The van der Waals surface area contributed by atoms with Crippen LogP contribution in [0, 0.1) is 12.7 Å². The normalized spacial score (nSPS) is 12.7. The maximum atomic E-state index is 14.6. The smallest absolute Gasteiger partial charge is 0.276 e. The Labute approximate surface area is 187 Å². The largest absolute Gasteiger partial charge is 0.366 e. The standard InChI is InChI=1S/C24H20FN5O3/c1-12-5-8-20(18(25)9-12)30-19-4-2-3-15(19)21(29-30)24(33)28-13-6-7-14-16(10-13)23(32)27-11-17(14)22(26)31/h5-11H,2-4H2,1H3,(H2,26,31)(H,27,32)(H,28,33). The molecule has 0 fully saturated rings. The molecule has 0 radical (unpaired) electrons. The Bertz CT molecular complexity index is 1520.